The molecule has 2 aromatic rings. The van der Waals surface area contributed by atoms with Crippen LogP contribution in [0.1, 0.15) is 33.1 Å². The molecule has 23 heavy (non-hydrogen) atoms. The second-order valence-corrected chi connectivity index (χ2v) is 7.24. The van der Waals surface area contributed by atoms with Crippen LogP contribution in [0.3, 0.4) is 0 Å². The standard InChI is InChI=1S/C16H22BrN5O/c1-11(2)8-16(23)21-7-3-4-12(21)9-18-14-5-6-15-19-10-13(17)22(15)20-14/h5-6,10-12H,3-4,7-9H2,1-2H3,(H,18,20). The van der Waals surface area contributed by atoms with Crippen molar-refractivity contribution in [3.05, 3.63) is 22.9 Å². The van der Waals surface area contributed by atoms with Crippen molar-refractivity contribution < 1.29 is 4.79 Å². The van der Waals surface area contributed by atoms with Gasteiger partial charge in [-0.2, -0.15) is 0 Å². The minimum Gasteiger partial charge on any atom is -0.367 e. The van der Waals surface area contributed by atoms with Gasteiger partial charge in [0, 0.05) is 25.6 Å². The van der Waals surface area contributed by atoms with Crippen molar-refractivity contribution in [1.82, 2.24) is 19.5 Å². The number of rotatable bonds is 5. The van der Waals surface area contributed by atoms with Gasteiger partial charge in [-0.05, 0) is 46.8 Å². The van der Waals surface area contributed by atoms with Crippen LogP contribution in [-0.4, -0.2) is 44.5 Å². The van der Waals surface area contributed by atoms with E-state index in [4.69, 9.17) is 0 Å². The molecule has 0 aromatic carbocycles. The normalized spacial score (nSPS) is 18.1. The molecule has 0 radical (unpaired) electrons. The van der Waals surface area contributed by atoms with Crippen molar-refractivity contribution in [2.75, 3.05) is 18.4 Å². The number of halogens is 1. The lowest BCUT2D eigenvalue weighted by atomic mass is 10.1. The molecule has 3 heterocycles. The number of likely N-dealkylation sites (tertiary alicyclic amines) is 1. The van der Waals surface area contributed by atoms with Crippen LogP contribution in [0.15, 0.2) is 22.9 Å². The van der Waals surface area contributed by atoms with Crippen LogP contribution in [0.25, 0.3) is 5.65 Å². The lowest BCUT2D eigenvalue weighted by molar-refractivity contribution is -0.132. The van der Waals surface area contributed by atoms with Crippen molar-refractivity contribution in [3.8, 4) is 0 Å². The summed E-state index contributed by atoms with van der Waals surface area (Å²) in [4.78, 5) is 18.6. The Kier molecular flexibility index (Phi) is 4.84. The molecule has 7 heteroatoms. The molecule has 124 valence electrons. The molecule has 6 nitrogen and oxygen atoms in total. The maximum Gasteiger partial charge on any atom is 0.223 e. The van der Waals surface area contributed by atoms with E-state index in [-0.39, 0.29) is 11.9 Å². The van der Waals surface area contributed by atoms with Crippen LogP contribution in [0.4, 0.5) is 5.82 Å². The molecular weight excluding hydrogens is 358 g/mol. The Balaban J connectivity index is 1.64. The first-order valence-electron chi connectivity index (χ1n) is 8.08. The van der Waals surface area contributed by atoms with Gasteiger partial charge in [0.2, 0.25) is 5.91 Å². The quantitative estimate of drug-likeness (QED) is 0.867. The Morgan fingerprint density at radius 3 is 3.09 bits per heavy atom. The topological polar surface area (TPSA) is 62.5 Å². The number of imidazole rings is 1. The maximum atomic E-state index is 12.3. The monoisotopic (exact) mass is 379 g/mol. The van der Waals surface area contributed by atoms with Crippen molar-refractivity contribution in [1.29, 1.82) is 0 Å². The van der Waals surface area contributed by atoms with E-state index in [0.717, 1.165) is 42.0 Å². The zero-order chi connectivity index (χ0) is 16.4. The predicted molar refractivity (Wildman–Crippen MR) is 93.4 cm³/mol. The summed E-state index contributed by atoms with van der Waals surface area (Å²) in [6, 6.07) is 4.10. The van der Waals surface area contributed by atoms with E-state index in [1.54, 1.807) is 10.7 Å². The molecule has 1 atom stereocenters. The number of hydrogen-bond acceptors (Lipinski definition) is 4. The summed E-state index contributed by atoms with van der Waals surface area (Å²) in [5.74, 6) is 1.46. The first kappa shape index (κ1) is 16.2. The lowest BCUT2D eigenvalue weighted by Gasteiger charge is -2.26. The Bertz CT molecular complexity index is 699. The summed E-state index contributed by atoms with van der Waals surface area (Å²) in [5, 5.41) is 7.87. The number of hydrogen-bond donors (Lipinski definition) is 1. The minimum absolute atomic E-state index is 0.255. The van der Waals surface area contributed by atoms with Crippen LogP contribution < -0.4 is 5.32 Å². The molecule has 2 aromatic heterocycles. The van der Waals surface area contributed by atoms with Crippen molar-refractivity contribution in [3.63, 3.8) is 0 Å². The average molecular weight is 380 g/mol. The smallest absolute Gasteiger partial charge is 0.223 e. The van der Waals surface area contributed by atoms with Gasteiger partial charge in [-0.3, -0.25) is 4.79 Å². The van der Waals surface area contributed by atoms with Gasteiger partial charge in [0.25, 0.3) is 0 Å². The first-order chi connectivity index (χ1) is 11.0. The molecule has 1 amide bonds. The van der Waals surface area contributed by atoms with Crippen LogP contribution in [0.2, 0.25) is 0 Å². The number of carbonyl (C=O) groups is 1. The summed E-state index contributed by atoms with van der Waals surface area (Å²) in [5.41, 5.74) is 0.803. The van der Waals surface area contributed by atoms with Crippen LogP contribution >= 0.6 is 15.9 Å². The Morgan fingerprint density at radius 2 is 2.30 bits per heavy atom. The third-order valence-corrected chi connectivity index (χ3v) is 4.66. The van der Waals surface area contributed by atoms with Gasteiger partial charge in [-0.1, -0.05) is 13.8 Å². The summed E-state index contributed by atoms with van der Waals surface area (Å²) < 4.78 is 2.57. The SMILES string of the molecule is CC(C)CC(=O)N1CCCC1CNc1ccc2ncc(Br)n2n1. The molecule has 0 saturated carbocycles. The highest BCUT2D eigenvalue weighted by Gasteiger charge is 2.28. The molecular formula is C16H22BrN5O. The van der Waals surface area contributed by atoms with E-state index in [2.05, 4.69) is 45.2 Å². The van der Waals surface area contributed by atoms with Crippen molar-refractivity contribution >= 4 is 33.3 Å². The first-order valence-corrected chi connectivity index (χ1v) is 8.87. The van der Waals surface area contributed by atoms with Gasteiger partial charge >= 0.3 is 0 Å². The van der Waals surface area contributed by atoms with Gasteiger partial charge in [0.1, 0.15) is 10.4 Å². The maximum absolute atomic E-state index is 12.3. The molecule has 1 aliphatic heterocycles. The fourth-order valence-corrected chi connectivity index (χ4v) is 3.37. The van der Waals surface area contributed by atoms with Crippen LogP contribution in [-0.2, 0) is 4.79 Å². The van der Waals surface area contributed by atoms with E-state index in [1.165, 1.54) is 0 Å². The number of anilines is 1. The molecule has 0 bridgehead atoms. The lowest BCUT2D eigenvalue weighted by Crippen LogP contribution is -2.40. The highest BCUT2D eigenvalue weighted by molar-refractivity contribution is 9.10. The number of amides is 1. The predicted octanol–water partition coefficient (Wildman–Crippen LogP) is 2.94. The second-order valence-electron chi connectivity index (χ2n) is 6.43. The molecule has 0 aliphatic carbocycles. The number of aromatic nitrogens is 3. The van der Waals surface area contributed by atoms with Crippen LogP contribution in [0, 0.1) is 5.92 Å². The zero-order valence-corrected chi connectivity index (χ0v) is 15.1. The fourth-order valence-electron chi connectivity index (χ4n) is 3.00. The number of nitrogens with one attached hydrogen (secondary N) is 1. The molecule has 1 unspecified atom stereocenters. The van der Waals surface area contributed by atoms with Crippen LogP contribution in [0.5, 0.6) is 0 Å². The largest absolute Gasteiger partial charge is 0.367 e. The zero-order valence-electron chi connectivity index (χ0n) is 13.5. The van der Waals surface area contributed by atoms with E-state index in [9.17, 15) is 4.79 Å². The minimum atomic E-state index is 0.255. The van der Waals surface area contributed by atoms with Gasteiger partial charge in [0.15, 0.2) is 5.65 Å². The molecule has 1 fully saturated rings. The summed E-state index contributed by atoms with van der Waals surface area (Å²) in [7, 11) is 0. The number of carbonyl (C=O) groups excluding carboxylic acids is 1. The van der Waals surface area contributed by atoms with Gasteiger partial charge in [-0.15, -0.1) is 5.10 Å². The Labute approximate surface area is 144 Å². The summed E-state index contributed by atoms with van der Waals surface area (Å²) >= 11 is 3.43. The average Bonchev–Trinajstić information content (AvgIpc) is 3.12. The van der Waals surface area contributed by atoms with Gasteiger partial charge in [0.05, 0.1) is 6.20 Å². The third-order valence-electron chi connectivity index (χ3n) is 4.12. The molecule has 1 aliphatic rings. The second kappa shape index (κ2) is 6.86. The van der Waals surface area contributed by atoms with E-state index in [0.29, 0.717) is 12.3 Å². The molecule has 3 rings (SSSR count). The van der Waals surface area contributed by atoms with Crippen molar-refractivity contribution in [2.24, 2.45) is 5.92 Å². The summed E-state index contributed by atoms with van der Waals surface area (Å²) in [6.45, 7) is 5.78. The Morgan fingerprint density at radius 1 is 1.48 bits per heavy atom. The molecule has 1 saturated heterocycles. The highest BCUT2D eigenvalue weighted by Crippen LogP contribution is 2.20. The van der Waals surface area contributed by atoms with Crippen molar-refractivity contribution in [2.45, 2.75) is 39.2 Å². The van der Waals surface area contributed by atoms with E-state index < -0.39 is 0 Å². The fraction of sp³-hybridized carbons (Fsp3) is 0.562. The highest BCUT2D eigenvalue weighted by atomic mass is 79.9. The molecule has 1 N–H and O–H groups in total. The van der Waals surface area contributed by atoms with E-state index >= 15 is 0 Å². The van der Waals surface area contributed by atoms with Gasteiger partial charge < -0.3 is 10.2 Å². The van der Waals surface area contributed by atoms with Gasteiger partial charge in [-0.25, -0.2) is 9.50 Å². The Hall–Kier alpha value is -1.63. The summed E-state index contributed by atoms with van der Waals surface area (Å²) in [6.07, 6.45) is 4.49. The third kappa shape index (κ3) is 3.65. The van der Waals surface area contributed by atoms with E-state index in [1.807, 2.05) is 17.0 Å². The molecule has 0 spiro atoms. The number of nitrogens with zero attached hydrogens (tertiary/aromatic N) is 4. The number of fused-ring (bicyclic) bond motifs is 1.